The van der Waals surface area contributed by atoms with Crippen LogP contribution < -0.4 is 10.2 Å². The van der Waals surface area contributed by atoms with Crippen molar-refractivity contribution in [3.8, 4) is 0 Å². The van der Waals surface area contributed by atoms with Crippen LogP contribution >= 0.6 is 0 Å². The first-order chi connectivity index (χ1) is 8.44. The lowest BCUT2D eigenvalue weighted by molar-refractivity contribution is -0.134. The van der Waals surface area contributed by atoms with Gasteiger partial charge in [-0.25, -0.2) is 0 Å². The highest BCUT2D eigenvalue weighted by atomic mass is 19.4. The van der Waals surface area contributed by atoms with Gasteiger partial charge in [-0.2, -0.15) is 18.2 Å². The van der Waals surface area contributed by atoms with Crippen LogP contribution in [-0.4, -0.2) is 47.0 Å². The molecule has 5 nitrogen and oxygen atoms in total. The van der Waals surface area contributed by atoms with Crippen molar-refractivity contribution in [3.63, 3.8) is 0 Å². The van der Waals surface area contributed by atoms with Crippen LogP contribution in [0.15, 0.2) is 0 Å². The van der Waals surface area contributed by atoms with Gasteiger partial charge in [-0.15, -0.1) is 5.10 Å². The highest BCUT2D eigenvalue weighted by Gasteiger charge is 2.27. The van der Waals surface area contributed by atoms with Crippen molar-refractivity contribution in [3.05, 3.63) is 5.82 Å². The van der Waals surface area contributed by atoms with Gasteiger partial charge < -0.3 is 10.2 Å². The monoisotopic (exact) mass is 263 g/mol. The van der Waals surface area contributed by atoms with Gasteiger partial charge in [-0.1, -0.05) is 0 Å². The molecule has 1 atom stereocenters. The summed E-state index contributed by atoms with van der Waals surface area (Å²) < 4.78 is 36.2. The van der Waals surface area contributed by atoms with E-state index in [1.54, 1.807) is 0 Å². The molecule has 1 saturated heterocycles. The van der Waals surface area contributed by atoms with E-state index in [2.05, 4.69) is 20.5 Å². The van der Waals surface area contributed by atoms with Gasteiger partial charge >= 0.3 is 6.18 Å². The van der Waals surface area contributed by atoms with E-state index in [0.29, 0.717) is 12.0 Å². The molecule has 0 bridgehead atoms. The first-order valence-corrected chi connectivity index (χ1v) is 5.90. The number of halogens is 3. The molecule has 1 aliphatic heterocycles. The van der Waals surface area contributed by atoms with Gasteiger partial charge in [0, 0.05) is 32.1 Å². The molecule has 0 spiro atoms. The Morgan fingerprint density at radius 1 is 1.44 bits per heavy atom. The number of nitrogens with zero attached hydrogens (tertiary/aromatic N) is 3. The maximum absolute atomic E-state index is 12.1. The number of piperazine rings is 1. The number of anilines is 1. The summed E-state index contributed by atoms with van der Waals surface area (Å²) >= 11 is 0. The van der Waals surface area contributed by atoms with Crippen molar-refractivity contribution in [2.45, 2.75) is 32.0 Å². The van der Waals surface area contributed by atoms with E-state index < -0.39 is 12.6 Å². The molecular formula is C10H16F3N5. The van der Waals surface area contributed by atoms with Gasteiger partial charge in [0.05, 0.1) is 6.42 Å². The number of aromatic nitrogens is 3. The Balaban J connectivity index is 1.93. The summed E-state index contributed by atoms with van der Waals surface area (Å²) in [6.45, 7) is 4.40. The zero-order valence-corrected chi connectivity index (χ0v) is 10.1. The van der Waals surface area contributed by atoms with Crippen molar-refractivity contribution < 1.29 is 13.2 Å². The van der Waals surface area contributed by atoms with Gasteiger partial charge in [0.15, 0.2) is 0 Å². The minimum Gasteiger partial charge on any atom is -0.337 e. The van der Waals surface area contributed by atoms with Crippen molar-refractivity contribution >= 4 is 5.95 Å². The third-order valence-corrected chi connectivity index (χ3v) is 2.82. The fourth-order valence-corrected chi connectivity index (χ4v) is 1.91. The molecule has 0 aliphatic carbocycles. The van der Waals surface area contributed by atoms with E-state index >= 15 is 0 Å². The van der Waals surface area contributed by atoms with Gasteiger partial charge in [0.2, 0.25) is 5.95 Å². The van der Waals surface area contributed by atoms with Crippen molar-refractivity contribution in [2.75, 3.05) is 24.5 Å². The molecule has 2 N–H and O–H groups in total. The van der Waals surface area contributed by atoms with Crippen molar-refractivity contribution in [1.29, 1.82) is 0 Å². The molecule has 0 amide bonds. The second-order valence-corrected chi connectivity index (χ2v) is 4.50. The van der Waals surface area contributed by atoms with Crippen molar-refractivity contribution in [2.24, 2.45) is 0 Å². The number of aromatic amines is 1. The maximum Gasteiger partial charge on any atom is 0.389 e. The van der Waals surface area contributed by atoms with Crippen LogP contribution in [0.4, 0.5) is 19.1 Å². The summed E-state index contributed by atoms with van der Waals surface area (Å²) in [4.78, 5) is 6.07. The first kappa shape index (κ1) is 13.1. The minimum absolute atomic E-state index is 0.155. The first-order valence-electron chi connectivity index (χ1n) is 5.90. The Morgan fingerprint density at radius 3 is 2.89 bits per heavy atom. The summed E-state index contributed by atoms with van der Waals surface area (Å²) in [5.41, 5.74) is 0. The topological polar surface area (TPSA) is 56.8 Å². The van der Waals surface area contributed by atoms with E-state index in [9.17, 15) is 13.2 Å². The molecule has 18 heavy (non-hydrogen) atoms. The number of alkyl halides is 3. The van der Waals surface area contributed by atoms with E-state index in [1.807, 2.05) is 11.8 Å². The third-order valence-electron chi connectivity index (χ3n) is 2.82. The van der Waals surface area contributed by atoms with Crippen LogP contribution in [0.5, 0.6) is 0 Å². The standard InChI is InChI=1S/C10H16F3N5/c1-7-6-18(5-4-14-7)9-15-8(16-17-9)2-3-10(11,12)13/h7,14H,2-6H2,1H3,(H,15,16,17)/t7-/m0/s1. The van der Waals surface area contributed by atoms with Crippen LogP contribution in [0.25, 0.3) is 0 Å². The normalized spacial score (nSPS) is 21.3. The van der Waals surface area contributed by atoms with E-state index in [0.717, 1.165) is 19.6 Å². The van der Waals surface area contributed by atoms with E-state index in [4.69, 9.17) is 0 Å². The second-order valence-electron chi connectivity index (χ2n) is 4.50. The summed E-state index contributed by atoms with van der Waals surface area (Å²) in [5, 5.41) is 9.81. The predicted octanol–water partition coefficient (Wildman–Crippen LogP) is 1.10. The highest BCUT2D eigenvalue weighted by molar-refractivity contribution is 5.30. The number of aryl methyl sites for hydroxylation is 1. The number of nitrogens with one attached hydrogen (secondary N) is 2. The second kappa shape index (κ2) is 5.13. The minimum atomic E-state index is -4.16. The highest BCUT2D eigenvalue weighted by Crippen LogP contribution is 2.21. The molecule has 2 rings (SSSR count). The smallest absolute Gasteiger partial charge is 0.337 e. The number of hydrogen-bond donors (Lipinski definition) is 2. The molecule has 1 aliphatic rings. The lowest BCUT2D eigenvalue weighted by Crippen LogP contribution is -2.49. The quantitative estimate of drug-likeness (QED) is 0.857. The molecule has 1 aromatic heterocycles. The Hall–Kier alpha value is -1.31. The Kier molecular flexibility index (Phi) is 3.74. The fourth-order valence-electron chi connectivity index (χ4n) is 1.91. The third kappa shape index (κ3) is 3.59. The van der Waals surface area contributed by atoms with E-state index in [-0.39, 0.29) is 12.2 Å². The Morgan fingerprint density at radius 2 is 2.22 bits per heavy atom. The summed E-state index contributed by atoms with van der Waals surface area (Å²) in [5.74, 6) is 0.772. The zero-order valence-electron chi connectivity index (χ0n) is 10.1. The van der Waals surface area contributed by atoms with Crippen LogP contribution in [0.3, 0.4) is 0 Å². The van der Waals surface area contributed by atoms with Gasteiger partial charge in [0.1, 0.15) is 5.82 Å². The largest absolute Gasteiger partial charge is 0.389 e. The average molecular weight is 263 g/mol. The zero-order chi connectivity index (χ0) is 13.2. The summed E-state index contributed by atoms with van der Waals surface area (Å²) in [6.07, 6.45) is -5.19. The number of rotatable bonds is 3. The number of hydrogen-bond acceptors (Lipinski definition) is 4. The molecule has 0 unspecified atom stereocenters. The SMILES string of the molecule is C[C@H]1CN(c2n[nH]c(CCC(F)(F)F)n2)CCN1. The van der Waals surface area contributed by atoms with Crippen molar-refractivity contribution in [1.82, 2.24) is 20.5 Å². The maximum atomic E-state index is 12.1. The Bertz CT molecular complexity index is 389. The molecular weight excluding hydrogens is 247 g/mol. The molecule has 102 valence electrons. The molecule has 0 aromatic carbocycles. The fraction of sp³-hybridized carbons (Fsp3) is 0.800. The van der Waals surface area contributed by atoms with E-state index in [1.165, 1.54) is 0 Å². The number of H-pyrrole nitrogens is 1. The van der Waals surface area contributed by atoms with Gasteiger partial charge in [-0.05, 0) is 6.92 Å². The molecule has 2 heterocycles. The van der Waals surface area contributed by atoms with Crippen LogP contribution in [0.1, 0.15) is 19.2 Å². The average Bonchev–Trinajstić information content (AvgIpc) is 2.74. The van der Waals surface area contributed by atoms with Crippen LogP contribution in [0, 0.1) is 0 Å². The lowest BCUT2D eigenvalue weighted by Gasteiger charge is -2.30. The predicted molar refractivity (Wildman–Crippen MR) is 60.4 cm³/mol. The van der Waals surface area contributed by atoms with Gasteiger partial charge in [-0.3, -0.25) is 5.10 Å². The summed E-state index contributed by atoms with van der Waals surface area (Å²) in [7, 11) is 0. The lowest BCUT2D eigenvalue weighted by atomic mass is 10.2. The Labute approximate surface area is 103 Å². The van der Waals surface area contributed by atoms with Gasteiger partial charge in [0.25, 0.3) is 0 Å². The molecule has 8 heteroatoms. The molecule has 1 aromatic rings. The summed E-state index contributed by atoms with van der Waals surface area (Å²) in [6, 6.07) is 0.330. The van der Waals surface area contributed by atoms with Crippen LogP contribution in [0.2, 0.25) is 0 Å². The molecule has 0 radical (unpaired) electrons. The molecule has 1 fully saturated rings. The van der Waals surface area contributed by atoms with Crippen LogP contribution in [-0.2, 0) is 6.42 Å². The molecule has 0 saturated carbocycles.